The van der Waals surface area contributed by atoms with E-state index in [4.69, 9.17) is 15.2 Å². The molecule has 6 aromatic heterocycles. The van der Waals surface area contributed by atoms with Crippen molar-refractivity contribution < 1.29 is 43.3 Å². The minimum atomic E-state index is -1.26. The number of hydrogen-bond acceptors (Lipinski definition) is 26. The van der Waals surface area contributed by atoms with Crippen molar-refractivity contribution in [1.29, 1.82) is 0 Å². The summed E-state index contributed by atoms with van der Waals surface area (Å²) in [5, 5.41) is 76.9. The first-order valence-corrected chi connectivity index (χ1v) is 37.8. The number of unbranched alkanes of at least 4 members (excludes halogenated alkanes) is 3. The molecule has 1 aliphatic rings. The van der Waals surface area contributed by atoms with E-state index in [0.29, 0.717) is 76.6 Å². The van der Waals surface area contributed by atoms with Gasteiger partial charge in [-0.3, -0.25) is 44.3 Å². The summed E-state index contributed by atoms with van der Waals surface area (Å²) in [4.78, 5) is 76.7. The van der Waals surface area contributed by atoms with E-state index in [-0.39, 0.29) is 37.0 Å². The molecule has 0 aliphatic carbocycles. The number of amides is 5. The minimum Gasteiger partial charge on any atom is -0.447 e. The van der Waals surface area contributed by atoms with E-state index >= 15 is 0 Å². The number of anilines is 6. The lowest BCUT2D eigenvalue weighted by molar-refractivity contribution is -0.155. The van der Waals surface area contributed by atoms with Gasteiger partial charge in [0.1, 0.15) is 15.0 Å². The Bertz CT molecular complexity index is 4550. The highest BCUT2D eigenvalue weighted by Crippen LogP contribution is 2.26. The molecule has 5 amide bonds. The largest absolute Gasteiger partial charge is 0.447 e. The van der Waals surface area contributed by atoms with E-state index < -0.39 is 30.0 Å². The van der Waals surface area contributed by atoms with E-state index in [9.17, 15) is 33.9 Å². The zero-order valence-corrected chi connectivity index (χ0v) is 61.7. The Kier molecular flexibility index (Phi) is 31.7. The number of aliphatic hydroxyl groups is 1. The number of aliphatic hydroxyl groups excluding tert-OH is 1. The van der Waals surface area contributed by atoms with Gasteiger partial charge in [-0.2, -0.15) is 15.3 Å². The quantitative estimate of drug-likeness (QED) is 0.0145. The van der Waals surface area contributed by atoms with Crippen LogP contribution >= 0.6 is 34.0 Å². The summed E-state index contributed by atoms with van der Waals surface area (Å²) in [6, 6.07) is 57.2. The highest BCUT2D eigenvalue weighted by Gasteiger charge is 2.27. The normalized spacial score (nSPS) is 12.3. The van der Waals surface area contributed by atoms with Gasteiger partial charge in [-0.05, 0) is 116 Å². The Labute approximate surface area is 636 Å². The lowest BCUT2D eigenvalue weighted by Crippen LogP contribution is -2.38. The van der Waals surface area contributed by atoms with E-state index in [0.717, 1.165) is 133 Å². The van der Waals surface area contributed by atoms with Crippen molar-refractivity contribution in [2.75, 3.05) is 65.2 Å². The monoisotopic (exact) mass is 1510 g/mol. The first-order valence-electron chi connectivity index (χ1n) is 35.4. The second-order valence-electron chi connectivity index (χ2n) is 24.8. The zero-order chi connectivity index (χ0) is 75.3. The number of nitrogens with zero attached hydrogens (tertiary/aromatic N) is 13. The Morgan fingerprint density at radius 1 is 0.417 bits per heavy atom. The molecule has 0 saturated carbocycles. The van der Waals surface area contributed by atoms with Crippen molar-refractivity contribution >= 4 is 102 Å². The molecule has 7 heterocycles. The predicted octanol–water partition coefficient (Wildman–Crippen LogP) is 10.4. The van der Waals surface area contributed by atoms with Crippen LogP contribution in [0.2, 0.25) is 0 Å². The van der Waals surface area contributed by atoms with Crippen molar-refractivity contribution in [1.82, 2.24) is 66.1 Å². The van der Waals surface area contributed by atoms with Crippen LogP contribution in [0.5, 0.6) is 0 Å². The fraction of sp³-hybridized carbons (Fsp3) is 0.299. The van der Waals surface area contributed by atoms with Gasteiger partial charge in [0.25, 0.3) is 11.8 Å². The standard InChI is InChI=1S/C33H37N7O5S.C26H26N6O3S.C18H20N6OS/c41-28(23-24-9-3-1-4-10-24)34-27-16-15-26(36-37-27)13-7-8-14-29-38-39-33(46-29)35-32(43)31(25-11-5-2-6-12-25)45-30(42)17-18-40-19-21-44-22-20-40;33-22(17-18-9-3-1-4-10-18)27-21-16-15-20(29-30-21)13-7-8-14-23-31-32-26(36-23)28-25(35)24(34)19-11-5-2-6-12-19;19-18-24-23-17(26-18)9-5-4-8-14-10-11-15(22-21-14)20-16(25)12-13-6-2-1-3-7-13/h1-6,9-12,15-16,31H,7-8,13-14,17-23H2,(H,34,37,41)(H,35,39,43);1-6,9-12,15-16,24,34H,7-8,13-14,17H2,(H,27,30,33)(H,28,32,35);1-3,6-7,10-11H,4-5,8-9,12H2,(H2,19,24)(H,20,22,25). The van der Waals surface area contributed by atoms with Crippen LogP contribution in [0.4, 0.5) is 32.8 Å². The van der Waals surface area contributed by atoms with E-state index in [1.807, 2.05) is 121 Å². The molecular formula is C77H83N19O9S3. The van der Waals surface area contributed by atoms with Crippen molar-refractivity contribution in [3.63, 3.8) is 0 Å². The van der Waals surface area contributed by atoms with E-state index in [1.54, 1.807) is 66.7 Å². The third kappa shape index (κ3) is 28.1. The van der Waals surface area contributed by atoms with Crippen molar-refractivity contribution in [3.8, 4) is 0 Å². The number of morpholine rings is 1. The maximum Gasteiger partial charge on any atom is 0.308 e. The molecule has 11 aromatic rings. The fourth-order valence-corrected chi connectivity index (χ4v) is 13.0. The summed E-state index contributed by atoms with van der Waals surface area (Å²) in [5.74, 6) is -0.517. The summed E-state index contributed by atoms with van der Waals surface area (Å²) in [6.45, 7) is 3.39. The second kappa shape index (κ2) is 43.2. The number of rotatable bonds is 34. The molecule has 2 atom stereocenters. The molecule has 0 bridgehead atoms. The van der Waals surface area contributed by atoms with Crippen LogP contribution in [0.3, 0.4) is 0 Å². The summed E-state index contributed by atoms with van der Waals surface area (Å²) < 4.78 is 11.0. The number of hydrogen-bond donors (Lipinski definition) is 7. The molecular weight excluding hydrogens is 1430 g/mol. The maximum absolute atomic E-state index is 13.2. The van der Waals surface area contributed by atoms with Crippen molar-refractivity contribution in [2.24, 2.45) is 0 Å². The van der Waals surface area contributed by atoms with Crippen LogP contribution < -0.4 is 32.3 Å². The summed E-state index contributed by atoms with van der Waals surface area (Å²) in [7, 11) is 0. The van der Waals surface area contributed by atoms with Gasteiger partial charge in [-0.1, -0.05) is 186 Å². The van der Waals surface area contributed by atoms with E-state index in [2.05, 4.69) is 92.7 Å². The van der Waals surface area contributed by atoms with Crippen LogP contribution in [0, 0.1) is 0 Å². The van der Waals surface area contributed by atoms with Crippen LogP contribution in [0.1, 0.15) is 117 Å². The van der Waals surface area contributed by atoms with Gasteiger partial charge >= 0.3 is 5.97 Å². The average molecular weight is 1510 g/mol. The molecule has 28 nitrogen and oxygen atoms in total. The number of aromatic nitrogens is 12. The van der Waals surface area contributed by atoms with Crippen molar-refractivity contribution in [2.45, 2.75) is 115 Å². The lowest BCUT2D eigenvalue weighted by atomic mass is 10.1. The van der Waals surface area contributed by atoms with Gasteiger partial charge in [-0.15, -0.1) is 45.9 Å². The third-order valence-electron chi connectivity index (χ3n) is 16.4. The summed E-state index contributed by atoms with van der Waals surface area (Å²) in [5.41, 5.74) is 12.1. The Balaban J connectivity index is 0.000000180. The number of nitrogens with one attached hydrogen (secondary N) is 5. The average Bonchev–Trinajstić information content (AvgIpc) is 1.51. The highest BCUT2D eigenvalue weighted by atomic mass is 32.1. The smallest absolute Gasteiger partial charge is 0.308 e. The first-order chi connectivity index (χ1) is 52.8. The van der Waals surface area contributed by atoms with Crippen molar-refractivity contribution in [3.05, 3.63) is 248 Å². The number of esters is 1. The van der Waals surface area contributed by atoms with Crippen LogP contribution in [0.15, 0.2) is 188 Å². The highest BCUT2D eigenvalue weighted by molar-refractivity contribution is 7.15. The lowest BCUT2D eigenvalue weighted by Gasteiger charge is -2.26. The number of nitrogen functional groups attached to an aromatic ring is 1. The van der Waals surface area contributed by atoms with Gasteiger partial charge < -0.3 is 36.3 Å². The molecule has 2 unspecified atom stereocenters. The minimum absolute atomic E-state index is 0.102. The summed E-state index contributed by atoms with van der Waals surface area (Å²) >= 11 is 4.02. The number of carbonyl (C=O) groups excluding carboxylic acids is 6. The zero-order valence-electron chi connectivity index (χ0n) is 59.2. The van der Waals surface area contributed by atoms with Crippen LogP contribution in [-0.2, 0) is 96.0 Å². The van der Waals surface area contributed by atoms with Gasteiger partial charge in [0, 0.05) is 44.5 Å². The molecule has 8 N–H and O–H groups in total. The summed E-state index contributed by atoms with van der Waals surface area (Å²) in [6.07, 6.45) is 8.69. The number of aryl methyl sites for hydroxylation is 6. The number of nitrogens with two attached hydrogens (primary N) is 1. The molecule has 31 heteroatoms. The molecule has 558 valence electrons. The first kappa shape index (κ1) is 79.1. The molecule has 1 saturated heterocycles. The topological polar surface area (TPSA) is 385 Å². The van der Waals surface area contributed by atoms with Gasteiger partial charge in [-0.25, -0.2) is 0 Å². The SMILES string of the molecule is Nc1nnc(CCCCc2ccc(NC(=O)Cc3ccccc3)nn2)s1.O=C(Cc1ccccc1)Nc1ccc(CCCCc2nnc(NC(=O)C(O)c3ccccc3)s2)nn1.O=C(Cc1ccccc1)Nc1ccc(CCCCc2nnc(NC(=O)C(OC(=O)CCN3CCOCC3)c3ccccc3)s2)nn1. The Hall–Kier alpha value is -11.5. The predicted molar refractivity (Wildman–Crippen MR) is 412 cm³/mol. The van der Waals surface area contributed by atoms with E-state index in [1.165, 1.54) is 34.0 Å². The van der Waals surface area contributed by atoms with Crippen LogP contribution in [0.25, 0.3) is 0 Å². The molecule has 12 rings (SSSR count). The Morgan fingerprint density at radius 3 is 1.18 bits per heavy atom. The molecule has 0 radical (unpaired) electrons. The van der Waals surface area contributed by atoms with Gasteiger partial charge in [0.15, 0.2) is 23.6 Å². The molecule has 1 fully saturated rings. The fourth-order valence-electron chi connectivity index (χ4n) is 10.8. The third-order valence-corrected chi connectivity index (χ3v) is 19.0. The molecule has 5 aromatic carbocycles. The molecule has 0 spiro atoms. The van der Waals surface area contributed by atoms with Crippen LogP contribution in [-0.4, -0.2) is 140 Å². The Morgan fingerprint density at radius 2 is 0.787 bits per heavy atom. The molecule has 108 heavy (non-hydrogen) atoms. The van der Waals surface area contributed by atoms with Gasteiger partial charge in [0.2, 0.25) is 39.2 Å². The number of benzene rings is 5. The number of ether oxygens (including phenoxy) is 2. The number of carbonyl (C=O) groups is 6. The molecule has 1 aliphatic heterocycles. The van der Waals surface area contributed by atoms with Gasteiger partial charge in [0.05, 0.1) is 56.0 Å². The maximum atomic E-state index is 13.2. The second-order valence-corrected chi connectivity index (χ2v) is 28.0.